The molecule has 1 aliphatic carbocycles. The smallest absolute Gasteiger partial charge is 0.121 e. The van der Waals surface area contributed by atoms with E-state index in [2.05, 4.69) is 19.1 Å². The standard InChI is InChI=1S/C22H28O6/c1-2-14-6-8-15(9-7-14)10-16-4-3-5-17(11-16)22(28)12-21(27,13-23)19(25)18(24)20(22)26/h3-9,11,18-20,23-28H,2,10,12-13H2,1H3/t18-,19-,20+,21-,22+/m0/s1. The number of benzene rings is 2. The predicted molar refractivity (Wildman–Crippen MR) is 104 cm³/mol. The summed E-state index contributed by atoms with van der Waals surface area (Å²) in [6, 6.07) is 15.1. The second-order valence-corrected chi connectivity index (χ2v) is 7.79. The van der Waals surface area contributed by atoms with Crippen LogP contribution in [0.1, 0.15) is 35.6 Å². The van der Waals surface area contributed by atoms with Crippen LogP contribution in [0.2, 0.25) is 0 Å². The fourth-order valence-corrected chi connectivity index (χ4v) is 3.95. The van der Waals surface area contributed by atoms with Crippen LogP contribution in [0.25, 0.3) is 0 Å². The third-order valence-electron chi connectivity index (χ3n) is 5.80. The van der Waals surface area contributed by atoms with Gasteiger partial charge in [-0.2, -0.15) is 0 Å². The Balaban J connectivity index is 1.91. The Morgan fingerprint density at radius 2 is 1.54 bits per heavy atom. The summed E-state index contributed by atoms with van der Waals surface area (Å²) >= 11 is 0. The lowest BCUT2D eigenvalue weighted by Crippen LogP contribution is -2.67. The minimum atomic E-state index is -2.13. The van der Waals surface area contributed by atoms with Gasteiger partial charge in [-0.15, -0.1) is 0 Å². The van der Waals surface area contributed by atoms with Crippen molar-refractivity contribution < 1.29 is 30.6 Å². The van der Waals surface area contributed by atoms with Crippen molar-refractivity contribution in [2.45, 2.75) is 55.7 Å². The van der Waals surface area contributed by atoms with Crippen molar-refractivity contribution in [2.24, 2.45) is 0 Å². The molecule has 0 spiro atoms. The second kappa shape index (κ2) is 7.91. The van der Waals surface area contributed by atoms with Crippen molar-refractivity contribution in [2.75, 3.05) is 6.61 Å². The molecule has 0 radical (unpaired) electrons. The molecule has 2 aromatic carbocycles. The summed E-state index contributed by atoms with van der Waals surface area (Å²) < 4.78 is 0. The van der Waals surface area contributed by atoms with E-state index in [0.29, 0.717) is 12.0 Å². The van der Waals surface area contributed by atoms with Gasteiger partial charge in [0, 0.05) is 6.42 Å². The molecule has 1 aliphatic rings. The molecule has 5 atom stereocenters. The Hall–Kier alpha value is -1.80. The highest BCUT2D eigenvalue weighted by molar-refractivity contribution is 5.35. The van der Waals surface area contributed by atoms with Crippen LogP contribution in [-0.4, -0.2) is 61.2 Å². The van der Waals surface area contributed by atoms with E-state index in [1.165, 1.54) is 5.56 Å². The van der Waals surface area contributed by atoms with Gasteiger partial charge in [-0.05, 0) is 35.1 Å². The Kier molecular flexibility index (Phi) is 5.91. The first-order valence-electron chi connectivity index (χ1n) is 9.50. The quantitative estimate of drug-likeness (QED) is 0.436. The van der Waals surface area contributed by atoms with Gasteiger partial charge in [-0.25, -0.2) is 0 Å². The van der Waals surface area contributed by atoms with Gasteiger partial charge in [0.15, 0.2) is 0 Å². The van der Waals surface area contributed by atoms with E-state index >= 15 is 0 Å². The summed E-state index contributed by atoms with van der Waals surface area (Å²) in [6.45, 7) is 1.23. The number of hydrogen-bond acceptors (Lipinski definition) is 6. The Morgan fingerprint density at radius 1 is 0.893 bits per heavy atom. The third kappa shape index (κ3) is 3.72. The molecule has 0 aromatic heterocycles. The van der Waals surface area contributed by atoms with E-state index < -0.39 is 42.5 Å². The maximum atomic E-state index is 11.1. The Labute approximate surface area is 164 Å². The number of aliphatic hydroxyl groups is 6. The van der Waals surface area contributed by atoms with E-state index in [9.17, 15) is 30.6 Å². The molecule has 1 saturated carbocycles. The summed E-state index contributed by atoms with van der Waals surface area (Å²) in [5.74, 6) is 0. The van der Waals surface area contributed by atoms with Crippen molar-refractivity contribution in [3.8, 4) is 0 Å². The van der Waals surface area contributed by atoms with Crippen molar-refractivity contribution in [1.29, 1.82) is 0 Å². The average molecular weight is 388 g/mol. The van der Waals surface area contributed by atoms with Gasteiger partial charge in [0.05, 0.1) is 6.61 Å². The molecule has 28 heavy (non-hydrogen) atoms. The zero-order valence-electron chi connectivity index (χ0n) is 15.9. The van der Waals surface area contributed by atoms with Crippen LogP contribution >= 0.6 is 0 Å². The normalized spacial score (nSPS) is 33.0. The summed E-state index contributed by atoms with van der Waals surface area (Å²) in [6.07, 6.45) is -4.23. The van der Waals surface area contributed by atoms with E-state index in [1.54, 1.807) is 18.2 Å². The number of rotatable bonds is 5. The van der Waals surface area contributed by atoms with Crippen LogP contribution in [0.15, 0.2) is 48.5 Å². The maximum Gasteiger partial charge on any atom is 0.121 e. The van der Waals surface area contributed by atoms with Crippen LogP contribution in [0.4, 0.5) is 0 Å². The van der Waals surface area contributed by atoms with Crippen LogP contribution in [-0.2, 0) is 18.4 Å². The zero-order valence-corrected chi connectivity index (χ0v) is 15.9. The first kappa shape index (κ1) is 20.9. The van der Waals surface area contributed by atoms with Crippen LogP contribution < -0.4 is 0 Å². The number of aryl methyl sites for hydroxylation is 1. The lowest BCUT2D eigenvalue weighted by Gasteiger charge is -2.49. The Bertz CT molecular complexity index is 807. The van der Waals surface area contributed by atoms with Crippen molar-refractivity contribution in [3.63, 3.8) is 0 Å². The van der Waals surface area contributed by atoms with Gasteiger partial charge < -0.3 is 30.6 Å². The molecule has 0 heterocycles. The first-order chi connectivity index (χ1) is 13.2. The molecule has 0 saturated heterocycles. The second-order valence-electron chi connectivity index (χ2n) is 7.79. The summed E-state index contributed by atoms with van der Waals surface area (Å²) in [7, 11) is 0. The Morgan fingerprint density at radius 3 is 2.14 bits per heavy atom. The molecule has 3 rings (SSSR count). The highest BCUT2D eigenvalue weighted by Gasteiger charge is 2.58. The molecule has 0 aliphatic heterocycles. The number of hydrogen-bond donors (Lipinski definition) is 6. The van der Waals surface area contributed by atoms with Crippen LogP contribution in [0.5, 0.6) is 0 Å². The fraction of sp³-hybridized carbons (Fsp3) is 0.455. The van der Waals surface area contributed by atoms with Gasteiger partial charge in [-0.3, -0.25) is 0 Å². The van der Waals surface area contributed by atoms with E-state index in [1.807, 2.05) is 18.2 Å². The third-order valence-corrected chi connectivity index (χ3v) is 5.80. The zero-order chi connectivity index (χ0) is 20.5. The fourth-order valence-electron chi connectivity index (χ4n) is 3.95. The highest BCUT2D eigenvalue weighted by Crippen LogP contribution is 2.42. The van der Waals surface area contributed by atoms with Gasteiger partial charge >= 0.3 is 0 Å². The largest absolute Gasteiger partial charge is 0.393 e. The molecule has 0 unspecified atom stereocenters. The summed E-state index contributed by atoms with van der Waals surface area (Å²) in [5.41, 5.74) is -0.616. The molecule has 1 fully saturated rings. The molecular formula is C22H28O6. The SMILES string of the molecule is CCc1ccc(Cc2cccc([C@]3(O)C[C@](O)(CO)[C@@H](O)[C@H](O)[C@H]3O)c2)cc1. The highest BCUT2D eigenvalue weighted by atomic mass is 16.4. The van der Waals surface area contributed by atoms with Gasteiger partial charge in [0.25, 0.3) is 0 Å². The van der Waals surface area contributed by atoms with Gasteiger partial charge in [-0.1, -0.05) is 55.5 Å². The minimum Gasteiger partial charge on any atom is -0.393 e. The molecule has 0 amide bonds. The summed E-state index contributed by atoms with van der Waals surface area (Å²) in [4.78, 5) is 0. The van der Waals surface area contributed by atoms with E-state index in [-0.39, 0.29) is 0 Å². The molecule has 2 aromatic rings. The average Bonchev–Trinajstić information content (AvgIpc) is 2.71. The topological polar surface area (TPSA) is 121 Å². The van der Waals surface area contributed by atoms with E-state index in [0.717, 1.165) is 17.5 Å². The van der Waals surface area contributed by atoms with E-state index in [4.69, 9.17) is 0 Å². The maximum absolute atomic E-state index is 11.1. The van der Waals surface area contributed by atoms with Crippen molar-refractivity contribution in [1.82, 2.24) is 0 Å². The monoisotopic (exact) mass is 388 g/mol. The molecule has 152 valence electrons. The minimum absolute atomic E-state index is 0.306. The first-order valence-corrected chi connectivity index (χ1v) is 9.50. The van der Waals surface area contributed by atoms with Gasteiger partial charge in [0.1, 0.15) is 29.5 Å². The summed E-state index contributed by atoms with van der Waals surface area (Å²) in [5, 5.41) is 61.6. The van der Waals surface area contributed by atoms with Gasteiger partial charge in [0.2, 0.25) is 0 Å². The van der Waals surface area contributed by atoms with Crippen molar-refractivity contribution >= 4 is 0 Å². The lowest BCUT2D eigenvalue weighted by atomic mass is 9.67. The molecule has 0 bridgehead atoms. The number of aliphatic hydroxyl groups excluding tert-OH is 4. The predicted octanol–water partition coefficient (Wildman–Crippen LogP) is 0.237. The molecule has 6 N–H and O–H groups in total. The molecular weight excluding hydrogens is 360 g/mol. The molecule has 6 nitrogen and oxygen atoms in total. The van der Waals surface area contributed by atoms with Crippen molar-refractivity contribution in [3.05, 3.63) is 70.8 Å². The van der Waals surface area contributed by atoms with Crippen LogP contribution in [0.3, 0.4) is 0 Å². The molecule has 6 heteroatoms. The van der Waals surface area contributed by atoms with Crippen LogP contribution in [0, 0.1) is 0 Å². The lowest BCUT2D eigenvalue weighted by molar-refractivity contribution is -0.265.